The lowest BCUT2D eigenvalue weighted by Crippen LogP contribution is -2.08. The number of rotatable bonds is 3. The summed E-state index contributed by atoms with van der Waals surface area (Å²) in [5.74, 6) is 0. The number of hydrogen-bond donors (Lipinski definition) is 0. The average molecular weight is 488 g/mol. The van der Waals surface area contributed by atoms with Crippen molar-refractivity contribution in [1.82, 2.24) is 0 Å². The Balaban J connectivity index is 1.76. The first kappa shape index (κ1) is 20.3. The Hall–Kier alpha value is -3.64. The van der Waals surface area contributed by atoms with E-state index in [9.17, 15) is 9.59 Å². The molecule has 5 rings (SSSR count). The average Bonchev–Trinajstić information content (AvgIpc) is 2.78. The van der Waals surface area contributed by atoms with Gasteiger partial charge < -0.3 is 13.7 Å². The Kier molecular flexibility index (Phi) is 4.94. The minimum Gasteiger partial charge on any atom is -0.422 e. The quantitative estimate of drug-likeness (QED) is 0.289. The maximum atomic E-state index is 12.8. The van der Waals surface area contributed by atoms with Gasteiger partial charge in [0.1, 0.15) is 11.2 Å². The van der Waals surface area contributed by atoms with Crippen molar-refractivity contribution in [2.24, 2.45) is 0 Å². The van der Waals surface area contributed by atoms with Crippen LogP contribution in [0.25, 0.3) is 44.2 Å². The molecule has 0 aliphatic carbocycles. The SMILES string of the molecule is CN(C)c1ccc(-c2cc(=O)oc3c(-c4cc5cc(Br)ccc5oc4=O)cccc23)cc1. The van der Waals surface area contributed by atoms with Crippen molar-refractivity contribution in [2.45, 2.75) is 0 Å². The molecule has 0 radical (unpaired) electrons. The number of fused-ring (bicyclic) bond motifs is 2. The van der Waals surface area contributed by atoms with Crippen molar-refractivity contribution >= 4 is 43.6 Å². The molecule has 3 aromatic carbocycles. The van der Waals surface area contributed by atoms with Gasteiger partial charge in [-0.2, -0.15) is 0 Å². The van der Waals surface area contributed by atoms with E-state index in [-0.39, 0.29) is 0 Å². The Labute approximate surface area is 191 Å². The third-order valence-corrected chi connectivity index (χ3v) is 5.94. The molecule has 0 saturated carbocycles. The smallest absolute Gasteiger partial charge is 0.344 e. The maximum absolute atomic E-state index is 12.8. The maximum Gasteiger partial charge on any atom is 0.344 e. The zero-order valence-corrected chi connectivity index (χ0v) is 19.0. The second-order valence-electron chi connectivity index (χ2n) is 7.73. The summed E-state index contributed by atoms with van der Waals surface area (Å²) in [5, 5.41) is 1.51. The lowest BCUT2D eigenvalue weighted by Gasteiger charge is -2.13. The van der Waals surface area contributed by atoms with E-state index in [0.29, 0.717) is 22.3 Å². The molecule has 0 aliphatic heterocycles. The van der Waals surface area contributed by atoms with Crippen LogP contribution in [0.5, 0.6) is 0 Å². The van der Waals surface area contributed by atoms with Crippen molar-refractivity contribution in [3.05, 3.63) is 98.1 Å². The molecule has 0 spiro atoms. The van der Waals surface area contributed by atoms with Gasteiger partial charge in [0, 0.05) is 46.7 Å². The third kappa shape index (κ3) is 3.52. The van der Waals surface area contributed by atoms with Crippen LogP contribution in [-0.2, 0) is 0 Å². The minimum absolute atomic E-state index is 0.337. The van der Waals surface area contributed by atoms with Crippen LogP contribution in [0.1, 0.15) is 0 Å². The van der Waals surface area contributed by atoms with Gasteiger partial charge in [0.15, 0.2) is 0 Å². The van der Waals surface area contributed by atoms with Crippen LogP contribution < -0.4 is 16.2 Å². The molecule has 0 fully saturated rings. The number of halogens is 1. The minimum atomic E-state index is -0.490. The van der Waals surface area contributed by atoms with E-state index in [4.69, 9.17) is 8.83 Å². The highest BCUT2D eigenvalue weighted by Gasteiger charge is 2.16. The second-order valence-corrected chi connectivity index (χ2v) is 8.65. The molecule has 0 atom stereocenters. The number of hydrogen-bond acceptors (Lipinski definition) is 5. The summed E-state index contributed by atoms with van der Waals surface area (Å²) in [6, 6.07) is 22.1. The summed E-state index contributed by atoms with van der Waals surface area (Å²) in [6.45, 7) is 0. The molecule has 0 aliphatic rings. The molecule has 5 nitrogen and oxygen atoms in total. The standard InChI is InChI=1S/C26H18BrNO4/c1-28(2)18-9-6-15(7-10-18)21-14-24(29)32-25-19(21)4-3-5-20(25)22-13-16-12-17(27)8-11-23(16)31-26(22)30/h3-14H,1-2H3. The Morgan fingerprint density at radius 2 is 1.56 bits per heavy atom. The van der Waals surface area contributed by atoms with Gasteiger partial charge >= 0.3 is 11.3 Å². The first-order valence-corrected chi connectivity index (χ1v) is 10.8. The first-order chi connectivity index (χ1) is 15.4. The van der Waals surface area contributed by atoms with Crippen LogP contribution in [0, 0.1) is 0 Å². The van der Waals surface area contributed by atoms with Crippen LogP contribution in [0.3, 0.4) is 0 Å². The van der Waals surface area contributed by atoms with Crippen LogP contribution in [0.4, 0.5) is 5.69 Å². The topological polar surface area (TPSA) is 63.7 Å². The Morgan fingerprint density at radius 1 is 0.781 bits per heavy atom. The van der Waals surface area contributed by atoms with E-state index < -0.39 is 11.3 Å². The molecule has 5 aromatic rings. The third-order valence-electron chi connectivity index (χ3n) is 5.45. The second kappa shape index (κ2) is 7.80. The van der Waals surface area contributed by atoms with Gasteiger partial charge in [-0.25, -0.2) is 9.59 Å². The van der Waals surface area contributed by atoms with Gasteiger partial charge in [0.2, 0.25) is 0 Å². The van der Waals surface area contributed by atoms with Gasteiger partial charge in [-0.05, 0) is 47.5 Å². The van der Waals surface area contributed by atoms with Crippen LogP contribution in [0.15, 0.2) is 95.7 Å². The fraction of sp³-hybridized carbons (Fsp3) is 0.0769. The lowest BCUT2D eigenvalue weighted by molar-refractivity contribution is 0.556. The van der Waals surface area contributed by atoms with Crippen LogP contribution in [-0.4, -0.2) is 14.1 Å². The monoisotopic (exact) mass is 487 g/mol. The van der Waals surface area contributed by atoms with E-state index >= 15 is 0 Å². The van der Waals surface area contributed by atoms with E-state index in [2.05, 4.69) is 15.9 Å². The van der Waals surface area contributed by atoms with Crippen molar-refractivity contribution in [2.75, 3.05) is 19.0 Å². The summed E-state index contributed by atoms with van der Waals surface area (Å²) in [5.41, 5.74) is 3.42. The Bertz CT molecular complexity index is 1600. The summed E-state index contributed by atoms with van der Waals surface area (Å²) in [4.78, 5) is 27.3. The molecular formula is C26H18BrNO4. The molecule has 158 valence electrons. The molecule has 2 heterocycles. The summed E-state index contributed by atoms with van der Waals surface area (Å²) in [7, 11) is 3.95. The fourth-order valence-corrected chi connectivity index (χ4v) is 4.24. The number of benzene rings is 3. The molecule has 0 amide bonds. The predicted molar refractivity (Wildman–Crippen MR) is 131 cm³/mol. The van der Waals surface area contributed by atoms with Gasteiger partial charge in [-0.3, -0.25) is 0 Å². The van der Waals surface area contributed by atoms with Crippen molar-refractivity contribution < 1.29 is 8.83 Å². The fourth-order valence-electron chi connectivity index (χ4n) is 3.86. The van der Waals surface area contributed by atoms with Crippen LogP contribution in [0.2, 0.25) is 0 Å². The lowest BCUT2D eigenvalue weighted by atomic mass is 9.97. The van der Waals surface area contributed by atoms with Crippen molar-refractivity contribution in [1.29, 1.82) is 0 Å². The number of nitrogens with zero attached hydrogens (tertiary/aromatic N) is 1. The molecule has 2 aromatic heterocycles. The molecule has 6 heteroatoms. The molecule has 0 unspecified atom stereocenters. The first-order valence-electron chi connectivity index (χ1n) is 9.99. The van der Waals surface area contributed by atoms with Crippen molar-refractivity contribution in [3.8, 4) is 22.3 Å². The predicted octanol–water partition coefficient (Wildman–Crippen LogP) is 6.06. The summed E-state index contributed by atoms with van der Waals surface area (Å²) >= 11 is 3.45. The zero-order chi connectivity index (χ0) is 22.4. The molecule has 32 heavy (non-hydrogen) atoms. The van der Waals surface area contributed by atoms with Crippen molar-refractivity contribution in [3.63, 3.8) is 0 Å². The van der Waals surface area contributed by atoms with Crippen LogP contribution >= 0.6 is 15.9 Å². The largest absolute Gasteiger partial charge is 0.422 e. The van der Waals surface area contributed by atoms with Gasteiger partial charge in [-0.15, -0.1) is 0 Å². The highest BCUT2D eigenvalue weighted by molar-refractivity contribution is 9.10. The normalized spacial score (nSPS) is 11.2. The highest BCUT2D eigenvalue weighted by atomic mass is 79.9. The molecule has 0 saturated heterocycles. The number of anilines is 1. The molecular weight excluding hydrogens is 470 g/mol. The highest BCUT2D eigenvalue weighted by Crippen LogP contribution is 2.34. The summed E-state index contributed by atoms with van der Waals surface area (Å²) < 4.78 is 12.0. The zero-order valence-electron chi connectivity index (χ0n) is 17.4. The van der Waals surface area contributed by atoms with E-state index in [1.165, 1.54) is 6.07 Å². The molecule has 0 N–H and O–H groups in total. The molecule has 0 bridgehead atoms. The van der Waals surface area contributed by atoms with E-state index in [1.807, 2.05) is 67.5 Å². The van der Waals surface area contributed by atoms with Gasteiger partial charge in [-0.1, -0.05) is 46.3 Å². The van der Waals surface area contributed by atoms with Gasteiger partial charge in [0.25, 0.3) is 0 Å². The summed E-state index contributed by atoms with van der Waals surface area (Å²) in [6.07, 6.45) is 0. The van der Waals surface area contributed by atoms with Gasteiger partial charge in [0.05, 0.1) is 5.56 Å². The van der Waals surface area contributed by atoms with E-state index in [1.54, 1.807) is 18.2 Å². The number of para-hydroxylation sites is 1. The van der Waals surface area contributed by atoms with E-state index in [0.717, 1.165) is 32.1 Å². The Morgan fingerprint density at radius 3 is 2.31 bits per heavy atom.